The van der Waals surface area contributed by atoms with Crippen molar-refractivity contribution >= 4 is 28.3 Å². The molecular formula is C26H32INO. The van der Waals surface area contributed by atoms with Gasteiger partial charge >= 0.3 is 0 Å². The van der Waals surface area contributed by atoms with Gasteiger partial charge in [0.1, 0.15) is 0 Å². The van der Waals surface area contributed by atoms with E-state index < -0.39 is 6.10 Å². The van der Waals surface area contributed by atoms with E-state index in [0.29, 0.717) is 0 Å². The normalized spacial score (nSPS) is 18.8. The van der Waals surface area contributed by atoms with E-state index in [1.54, 1.807) is 0 Å². The lowest BCUT2D eigenvalue weighted by molar-refractivity contribution is 0.267. The second kappa shape index (κ2) is 8.27. The molecule has 3 heteroatoms. The number of aliphatic hydroxyl groups excluding tert-OH is 1. The van der Waals surface area contributed by atoms with E-state index in [0.717, 1.165) is 10.1 Å². The molecule has 29 heavy (non-hydrogen) atoms. The Hall–Kier alpha value is -1.59. The molecule has 1 heterocycles. The summed E-state index contributed by atoms with van der Waals surface area (Å²) >= 11 is 2.42. The Kier molecular flexibility index (Phi) is 6.30. The van der Waals surface area contributed by atoms with Crippen molar-refractivity contribution in [2.24, 2.45) is 0 Å². The Labute approximate surface area is 189 Å². The van der Waals surface area contributed by atoms with Gasteiger partial charge in [0.25, 0.3) is 0 Å². The summed E-state index contributed by atoms with van der Waals surface area (Å²) in [5.74, 6) is 0. The first-order chi connectivity index (χ1) is 13.6. The summed E-state index contributed by atoms with van der Waals surface area (Å²) < 4.78 is 0.981. The minimum absolute atomic E-state index is 0.128. The molecule has 2 aromatic carbocycles. The van der Waals surface area contributed by atoms with Gasteiger partial charge in [0.15, 0.2) is 0 Å². The summed E-state index contributed by atoms with van der Waals surface area (Å²) in [5.41, 5.74) is 7.25. The maximum atomic E-state index is 11.0. The van der Waals surface area contributed by atoms with Crippen LogP contribution in [-0.2, 0) is 15.3 Å². The van der Waals surface area contributed by atoms with Crippen LogP contribution in [0.5, 0.6) is 0 Å². The summed E-state index contributed by atoms with van der Waals surface area (Å²) in [5, 5.41) is 11.0. The third-order valence-electron chi connectivity index (χ3n) is 6.51. The van der Waals surface area contributed by atoms with Gasteiger partial charge in [-0.15, -0.1) is 0 Å². The van der Waals surface area contributed by atoms with Crippen molar-refractivity contribution in [1.82, 2.24) is 0 Å². The number of allylic oxidation sites excluding steroid dienone is 2. The quantitative estimate of drug-likeness (QED) is 0.287. The maximum absolute atomic E-state index is 11.0. The predicted octanol–water partition coefficient (Wildman–Crippen LogP) is 6.52. The Morgan fingerprint density at radius 3 is 2.41 bits per heavy atom. The van der Waals surface area contributed by atoms with Crippen LogP contribution in [0, 0.1) is 0 Å². The van der Waals surface area contributed by atoms with Crippen LogP contribution < -0.4 is 4.90 Å². The number of hydrogen-bond donors (Lipinski definition) is 1. The van der Waals surface area contributed by atoms with Crippen LogP contribution in [0.15, 0.2) is 72.0 Å². The highest BCUT2D eigenvalue weighted by atomic mass is 127. The average molecular weight is 501 g/mol. The number of benzene rings is 2. The van der Waals surface area contributed by atoms with Gasteiger partial charge in [-0.1, -0.05) is 104 Å². The molecule has 1 atom stereocenters. The summed E-state index contributed by atoms with van der Waals surface area (Å²) in [6, 6.07) is 17.1. The summed E-state index contributed by atoms with van der Waals surface area (Å²) in [7, 11) is 2.09. The van der Waals surface area contributed by atoms with Crippen LogP contribution in [0.3, 0.4) is 0 Å². The zero-order valence-corrected chi connectivity index (χ0v) is 20.5. The molecule has 3 rings (SSSR count). The molecule has 0 spiro atoms. The number of hydrogen-bond acceptors (Lipinski definition) is 2. The third-order valence-corrected chi connectivity index (χ3v) is 7.33. The molecule has 0 amide bonds. The molecule has 0 aromatic heterocycles. The summed E-state index contributed by atoms with van der Waals surface area (Å²) in [6.07, 6.45) is 3.38. The second-order valence-corrected chi connectivity index (χ2v) is 9.77. The number of likely N-dealkylation sites (N-methyl/N-ethyl adjacent to an activating group) is 1. The van der Waals surface area contributed by atoms with Crippen molar-refractivity contribution in [3.63, 3.8) is 0 Å². The van der Waals surface area contributed by atoms with Crippen LogP contribution in [0.4, 0.5) is 5.69 Å². The van der Waals surface area contributed by atoms with Crippen molar-refractivity contribution in [2.75, 3.05) is 11.9 Å². The van der Waals surface area contributed by atoms with Gasteiger partial charge < -0.3 is 10.0 Å². The van der Waals surface area contributed by atoms with E-state index in [1.165, 1.54) is 28.0 Å². The number of nitrogens with zero attached hydrogens (tertiary/aromatic N) is 1. The monoisotopic (exact) mass is 501 g/mol. The highest BCUT2D eigenvalue weighted by molar-refractivity contribution is 14.1. The van der Waals surface area contributed by atoms with Gasteiger partial charge in [-0.3, -0.25) is 0 Å². The molecule has 1 unspecified atom stereocenters. The number of halogens is 1. The topological polar surface area (TPSA) is 23.5 Å². The number of alkyl halides is 1. The fourth-order valence-corrected chi connectivity index (χ4v) is 5.10. The van der Waals surface area contributed by atoms with Crippen LogP contribution >= 0.6 is 22.6 Å². The summed E-state index contributed by atoms with van der Waals surface area (Å²) in [4.78, 5) is 2.21. The lowest BCUT2D eigenvalue weighted by Gasteiger charge is -2.30. The second-order valence-electron chi connectivity index (χ2n) is 9.01. The first-order valence-corrected chi connectivity index (χ1v) is 11.7. The zero-order chi connectivity index (χ0) is 21.4. The fourth-order valence-electron chi connectivity index (χ4n) is 4.44. The number of para-hydroxylation sites is 1. The molecular weight excluding hydrogens is 469 g/mol. The Bertz CT molecular complexity index is 955. The smallest absolute Gasteiger partial charge is 0.0925 e. The standard InChI is InChI=1S/C26H32INO/c1-18(25(2,3)21-12-8-7-11-19(21)17-27)15-20(29)16-24-26(4,5)22-13-9-10-14-23(22)28(24)6/h7-16,20,29H,17H2,1-6H3/b18-15-,24-16+. The number of aliphatic hydroxyl groups is 1. The van der Waals surface area contributed by atoms with Gasteiger partial charge in [-0.25, -0.2) is 0 Å². The van der Waals surface area contributed by atoms with Gasteiger partial charge in [0.05, 0.1) is 6.10 Å². The van der Waals surface area contributed by atoms with Crippen LogP contribution in [-0.4, -0.2) is 18.3 Å². The molecule has 2 aromatic rings. The van der Waals surface area contributed by atoms with E-state index in [2.05, 4.69) is 118 Å². The van der Waals surface area contributed by atoms with E-state index in [1.807, 2.05) is 12.2 Å². The Morgan fingerprint density at radius 2 is 1.76 bits per heavy atom. The van der Waals surface area contributed by atoms with Crippen molar-refractivity contribution < 1.29 is 5.11 Å². The van der Waals surface area contributed by atoms with E-state index >= 15 is 0 Å². The van der Waals surface area contributed by atoms with E-state index in [9.17, 15) is 5.11 Å². The van der Waals surface area contributed by atoms with Gasteiger partial charge in [0.2, 0.25) is 0 Å². The van der Waals surface area contributed by atoms with Crippen molar-refractivity contribution in [3.05, 3.63) is 88.6 Å². The molecule has 0 bridgehead atoms. The third kappa shape index (κ3) is 4.04. The van der Waals surface area contributed by atoms with E-state index in [-0.39, 0.29) is 10.8 Å². The first-order valence-electron chi connectivity index (χ1n) is 10.2. The molecule has 0 fully saturated rings. The van der Waals surface area contributed by atoms with Crippen LogP contribution in [0.25, 0.3) is 0 Å². The number of rotatable bonds is 5. The van der Waals surface area contributed by atoms with Crippen molar-refractivity contribution in [3.8, 4) is 0 Å². The Morgan fingerprint density at radius 1 is 1.14 bits per heavy atom. The van der Waals surface area contributed by atoms with Gasteiger partial charge in [0, 0.05) is 33.7 Å². The predicted molar refractivity (Wildman–Crippen MR) is 133 cm³/mol. The first kappa shape index (κ1) is 22.1. The van der Waals surface area contributed by atoms with E-state index in [4.69, 9.17) is 0 Å². The average Bonchev–Trinajstić information content (AvgIpc) is 2.89. The highest BCUT2D eigenvalue weighted by Gasteiger charge is 2.38. The molecule has 0 aliphatic carbocycles. The molecule has 1 aliphatic heterocycles. The zero-order valence-electron chi connectivity index (χ0n) is 18.3. The molecule has 2 nitrogen and oxygen atoms in total. The minimum atomic E-state index is -0.632. The molecule has 154 valence electrons. The molecule has 0 saturated heterocycles. The highest BCUT2D eigenvalue weighted by Crippen LogP contribution is 2.46. The molecule has 0 saturated carbocycles. The molecule has 0 radical (unpaired) electrons. The van der Waals surface area contributed by atoms with Gasteiger partial charge in [-0.2, -0.15) is 0 Å². The minimum Gasteiger partial charge on any atom is -0.385 e. The Balaban J connectivity index is 1.93. The lowest BCUT2D eigenvalue weighted by atomic mass is 9.76. The fraction of sp³-hybridized carbons (Fsp3) is 0.385. The van der Waals surface area contributed by atoms with Crippen molar-refractivity contribution in [2.45, 2.75) is 56.0 Å². The van der Waals surface area contributed by atoms with Crippen LogP contribution in [0.2, 0.25) is 0 Å². The SMILES string of the molecule is C/C(=C/C(O)/C=C1/N(C)c2ccccc2C1(C)C)C(C)(C)c1ccccc1CI. The molecule has 1 N–H and O–H groups in total. The molecule has 1 aliphatic rings. The van der Waals surface area contributed by atoms with Gasteiger partial charge in [-0.05, 0) is 35.8 Å². The number of fused-ring (bicyclic) bond motifs is 1. The number of anilines is 1. The largest absolute Gasteiger partial charge is 0.385 e. The maximum Gasteiger partial charge on any atom is 0.0925 e. The van der Waals surface area contributed by atoms with Crippen LogP contribution in [0.1, 0.15) is 51.3 Å². The lowest BCUT2D eigenvalue weighted by Crippen LogP contribution is -2.25. The summed E-state index contributed by atoms with van der Waals surface area (Å²) in [6.45, 7) is 11.1. The van der Waals surface area contributed by atoms with Crippen molar-refractivity contribution in [1.29, 1.82) is 0 Å².